The van der Waals surface area contributed by atoms with Gasteiger partial charge in [0.2, 0.25) is 5.91 Å². The minimum Gasteiger partial charge on any atom is -0.394 e. The van der Waals surface area contributed by atoms with E-state index in [2.05, 4.69) is 43.5 Å². The Morgan fingerprint density at radius 2 is 1.02 bits per heavy atom. The molecule has 0 aliphatic heterocycles. The summed E-state index contributed by atoms with van der Waals surface area (Å²) in [6.45, 7) is 4.12. The van der Waals surface area contributed by atoms with Crippen molar-refractivity contribution >= 4 is 5.91 Å². The summed E-state index contributed by atoms with van der Waals surface area (Å²) in [5.74, 6) is -0.162. The first kappa shape index (κ1) is 39.8. The Kier molecular flexibility index (Phi) is 30.9. The second kappa shape index (κ2) is 31.8. The van der Waals surface area contributed by atoms with Crippen molar-refractivity contribution in [1.82, 2.24) is 5.32 Å². The van der Waals surface area contributed by atoms with Gasteiger partial charge in [-0.1, -0.05) is 154 Å². The molecular formula is C36H69NO4. The molecule has 0 aliphatic rings. The number of carbonyl (C=O) groups excluding carboxylic acids is 1. The van der Waals surface area contributed by atoms with Crippen molar-refractivity contribution in [3.05, 3.63) is 24.3 Å². The Balaban J connectivity index is 3.75. The molecule has 5 heteroatoms. The maximum absolute atomic E-state index is 12.3. The predicted octanol–water partition coefficient (Wildman–Crippen LogP) is 9.09. The van der Waals surface area contributed by atoms with Crippen molar-refractivity contribution in [2.45, 2.75) is 193 Å². The van der Waals surface area contributed by atoms with Crippen LogP contribution in [0.15, 0.2) is 24.3 Å². The van der Waals surface area contributed by atoms with Gasteiger partial charge in [-0.2, -0.15) is 0 Å². The standard InChI is InChI=1S/C36H69NO4/c1-3-5-7-9-11-13-15-17-18-19-21-23-25-27-29-31-35(40)37-33(32-38)36(41)34(39)30-28-26-24-22-20-16-14-12-10-8-6-4-2/h13,15,17-18,33-34,36,38-39,41H,3-12,14,16,19-32H2,1-2H3,(H,37,40)/b15-13+,18-17+/t33-,34+,36-/m0/s1. The quantitative estimate of drug-likeness (QED) is 0.0487. The lowest BCUT2D eigenvalue weighted by Crippen LogP contribution is -2.50. The maximum atomic E-state index is 12.3. The second-order valence-corrected chi connectivity index (χ2v) is 12.1. The molecule has 0 radical (unpaired) electrons. The van der Waals surface area contributed by atoms with Crippen molar-refractivity contribution in [1.29, 1.82) is 0 Å². The van der Waals surface area contributed by atoms with Gasteiger partial charge in [0.25, 0.3) is 0 Å². The molecule has 0 unspecified atom stereocenters. The zero-order chi connectivity index (χ0) is 30.2. The van der Waals surface area contributed by atoms with Gasteiger partial charge in [-0.3, -0.25) is 4.79 Å². The molecule has 4 N–H and O–H groups in total. The molecule has 1 amide bonds. The Labute approximate surface area is 254 Å². The first-order valence-corrected chi connectivity index (χ1v) is 17.6. The van der Waals surface area contributed by atoms with E-state index >= 15 is 0 Å². The Hall–Kier alpha value is -1.17. The molecule has 0 aromatic carbocycles. The summed E-state index contributed by atoms with van der Waals surface area (Å²) in [5.41, 5.74) is 0. The zero-order valence-electron chi connectivity index (χ0n) is 27.2. The van der Waals surface area contributed by atoms with Crippen molar-refractivity contribution in [3.63, 3.8) is 0 Å². The molecule has 0 rings (SSSR count). The van der Waals surface area contributed by atoms with Gasteiger partial charge >= 0.3 is 0 Å². The van der Waals surface area contributed by atoms with E-state index in [-0.39, 0.29) is 12.5 Å². The first-order chi connectivity index (χ1) is 20.1. The number of allylic oxidation sites excluding steroid dienone is 4. The summed E-state index contributed by atoms with van der Waals surface area (Å²) in [7, 11) is 0. The number of aliphatic hydroxyl groups excluding tert-OH is 3. The fraction of sp³-hybridized carbons (Fsp3) is 0.861. The van der Waals surface area contributed by atoms with Gasteiger partial charge in [0.15, 0.2) is 0 Å². The van der Waals surface area contributed by atoms with Crippen LogP contribution in [0, 0.1) is 0 Å². The van der Waals surface area contributed by atoms with Gasteiger partial charge in [0.1, 0.15) is 6.10 Å². The zero-order valence-corrected chi connectivity index (χ0v) is 27.2. The highest BCUT2D eigenvalue weighted by Gasteiger charge is 2.26. The fourth-order valence-corrected chi connectivity index (χ4v) is 5.27. The van der Waals surface area contributed by atoms with E-state index in [4.69, 9.17) is 0 Å². The van der Waals surface area contributed by atoms with Crippen LogP contribution in [0.1, 0.15) is 174 Å². The van der Waals surface area contributed by atoms with Crippen LogP contribution in [0.25, 0.3) is 0 Å². The van der Waals surface area contributed by atoms with Crippen LogP contribution in [-0.2, 0) is 4.79 Å². The highest BCUT2D eigenvalue weighted by Crippen LogP contribution is 2.15. The van der Waals surface area contributed by atoms with E-state index < -0.39 is 18.2 Å². The van der Waals surface area contributed by atoms with Crippen molar-refractivity contribution in [3.8, 4) is 0 Å². The summed E-state index contributed by atoms with van der Waals surface area (Å²) in [6, 6.07) is -0.813. The number of hydrogen-bond donors (Lipinski definition) is 4. The first-order valence-electron chi connectivity index (χ1n) is 17.6. The highest BCUT2D eigenvalue weighted by atomic mass is 16.3. The van der Waals surface area contributed by atoms with Crippen LogP contribution in [0.2, 0.25) is 0 Å². The molecule has 41 heavy (non-hydrogen) atoms. The topological polar surface area (TPSA) is 89.8 Å². The third-order valence-corrected chi connectivity index (χ3v) is 8.09. The number of nitrogens with one attached hydrogen (secondary N) is 1. The van der Waals surface area contributed by atoms with Crippen LogP contribution in [-0.4, -0.2) is 46.1 Å². The number of unbranched alkanes of at least 4 members (excludes halogenated alkanes) is 20. The van der Waals surface area contributed by atoms with Crippen LogP contribution < -0.4 is 5.32 Å². The number of aliphatic hydroxyl groups is 3. The van der Waals surface area contributed by atoms with Gasteiger partial charge in [0, 0.05) is 6.42 Å². The van der Waals surface area contributed by atoms with Crippen LogP contribution in [0.5, 0.6) is 0 Å². The van der Waals surface area contributed by atoms with Crippen molar-refractivity contribution < 1.29 is 20.1 Å². The highest BCUT2D eigenvalue weighted by molar-refractivity contribution is 5.76. The molecule has 0 saturated heterocycles. The lowest BCUT2D eigenvalue weighted by molar-refractivity contribution is -0.124. The Morgan fingerprint density at radius 3 is 1.51 bits per heavy atom. The number of carbonyl (C=O) groups is 1. The minimum absolute atomic E-state index is 0.162. The maximum Gasteiger partial charge on any atom is 0.220 e. The van der Waals surface area contributed by atoms with Gasteiger partial charge in [-0.15, -0.1) is 0 Å². The molecule has 0 saturated carbocycles. The third-order valence-electron chi connectivity index (χ3n) is 8.09. The summed E-state index contributed by atoms with van der Waals surface area (Å²) >= 11 is 0. The van der Waals surface area contributed by atoms with Gasteiger partial charge in [-0.25, -0.2) is 0 Å². The van der Waals surface area contributed by atoms with Crippen LogP contribution in [0.3, 0.4) is 0 Å². The minimum atomic E-state index is -1.14. The average molecular weight is 580 g/mol. The predicted molar refractivity (Wildman–Crippen MR) is 176 cm³/mol. The Bertz CT molecular complexity index is 606. The SMILES string of the molecule is CCCCCC/C=C/C=C/CCCCCCCC(=O)N[C@@H](CO)[C@H](O)[C@H](O)CCCCCCCCCCCCCC. The summed E-state index contributed by atoms with van der Waals surface area (Å²) in [5, 5.41) is 33.3. The average Bonchev–Trinajstić information content (AvgIpc) is 2.97. The van der Waals surface area contributed by atoms with Crippen LogP contribution >= 0.6 is 0 Å². The van der Waals surface area contributed by atoms with Crippen LogP contribution in [0.4, 0.5) is 0 Å². The smallest absolute Gasteiger partial charge is 0.220 e. The normalized spacial score (nSPS) is 14.2. The molecule has 242 valence electrons. The molecule has 0 aromatic rings. The van der Waals surface area contributed by atoms with E-state index in [1.54, 1.807) is 0 Å². The lowest BCUT2D eigenvalue weighted by atomic mass is 9.99. The third kappa shape index (κ3) is 27.4. The van der Waals surface area contributed by atoms with Crippen molar-refractivity contribution in [2.24, 2.45) is 0 Å². The molecule has 0 fully saturated rings. The van der Waals surface area contributed by atoms with E-state index in [0.29, 0.717) is 12.8 Å². The number of rotatable bonds is 31. The van der Waals surface area contributed by atoms with Gasteiger partial charge in [0.05, 0.1) is 18.8 Å². The van der Waals surface area contributed by atoms with Gasteiger partial charge < -0.3 is 20.6 Å². The van der Waals surface area contributed by atoms with Crippen molar-refractivity contribution in [2.75, 3.05) is 6.61 Å². The monoisotopic (exact) mass is 580 g/mol. The molecule has 0 aromatic heterocycles. The molecule has 5 nitrogen and oxygen atoms in total. The molecule has 0 heterocycles. The van der Waals surface area contributed by atoms with E-state index in [9.17, 15) is 20.1 Å². The summed E-state index contributed by atoms with van der Waals surface area (Å²) < 4.78 is 0. The molecular weight excluding hydrogens is 510 g/mol. The second-order valence-electron chi connectivity index (χ2n) is 12.1. The molecule has 0 aliphatic carbocycles. The molecule has 0 spiro atoms. The van der Waals surface area contributed by atoms with Gasteiger partial charge in [-0.05, 0) is 38.5 Å². The largest absolute Gasteiger partial charge is 0.394 e. The fourth-order valence-electron chi connectivity index (χ4n) is 5.27. The summed E-state index contributed by atoms with van der Waals surface area (Å²) in [4.78, 5) is 12.3. The van der Waals surface area contributed by atoms with E-state index in [0.717, 1.165) is 51.4 Å². The van der Waals surface area contributed by atoms with E-state index in [1.807, 2.05) is 0 Å². The molecule has 0 bridgehead atoms. The lowest BCUT2D eigenvalue weighted by Gasteiger charge is -2.26. The number of amides is 1. The molecule has 3 atom stereocenters. The van der Waals surface area contributed by atoms with E-state index in [1.165, 1.54) is 96.3 Å². The number of hydrogen-bond acceptors (Lipinski definition) is 4. The Morgan fingerprint density at radius 1 is 0.610 bits per heavy atom. The summed E-state index contributed by atoms with van der Waals surface area (Å²) in [6.07, 6.45) is 35.4.